The maximum absolute atomic E-state index is 12.1. The molecule has 1 unspecified atom stereocenters. The molecule has 2 rings (SSSR count). The topological polar surface area (TPSA) is 73.6 Å². The van der Waals surface area contributed by atoms with Gasteiger partial charge in [0, 0.05) is 13.2 Å². The van der Waals surface area contributed by atoms with Gasteiger partial charge in [0.05, 0.1) is 12.6 Å². The molecule has 0 saturated carbocycles. The number of rotatable bonds is 6. The maximum atomic E-state index is 12.1. The highest BCUT2D eigenvalue weighted by atomic mass is 16.5. The lowest BCUT2D eigenvalue weighted by atomic mass is 9.92. The van der Waals surface area contributed by atoms with Gasteiger partial charge in [0.1, 0.15) is 12.4 Å². The number of hydrogen-bond donors (Lipinski definition) is 2. The number of carbonyl (C=O) groups is 1. The molecule has 0 spiro atoms. The first-order valence-corrected chi connectivity index (χ1v) is 7.89. The quantitative estimate of drug-likeness (QED) is 0.782. The fourth-order valence-corrected chi connectivity index (χ4v) is 2.76. The molecule has 1 fully saturated rings. The van der Waals surface area contributed by atoms with E-state index in [1.165, 1.54) is 0 Å². The van der Waals surface area contributed by atoms with Crippen LogP contribution in [-0.4, -0.2) is 38.3 Å². The minimum absolute atomic E-state index is 0.1000. The van der Waals surface area contributed by atoms with Gasteiger partial charge in [-0.3, -0.25) is 4.79 Å². The van der Waals surface area contributed by atoms with Crippen molar-refractivity contribution in [1.82, 2.24) is 5.32 Å². The average molecular weight is 306 g/mol. The van der Waals surface area contributed by atoms with Gasteiger partial charge in [-0.15, -0.1) is 0 Å². The number of hydrogen-bond acceptors (Lipinski definition) is 4. The Morgan fingerprint density at radius 1 is 1.36 bits per heavy atom. The summed E-state index contributed by atoms with van der Waals surface area (Å²) in [7, 11) is 0. The molecular weight excluding hydrogens is 280 g/mol. The molecule has 1 aromatic carbocycles. The average Bonchev–Trinajstić information content (AvgIpc) is 2.53. The number of ether oxygens (including phenoxy) is 2. The Morgan fingerprint density at radius 2 is 2.00 bits per heavy atom. The molecule has 1 heterocycles. The second-order valence-electron chi connectivity index (χ2n) is 5.84. The van der Waals surface area contributed by atoms with Crippen LogP contribution in [0.5, 0.6) is 5.75 Å². The molecule has 1 aliphatic rings. The van der Waals surface area contributed by atoms with E-state index in [2.05, 4.69) is 5.32 Å². The molecule has 5 heteroatoms. The lowest BCUT2D eigenvalue weighted by Crippen LogP contribution is -2.47. The van der Waals surface area contributed by atoms with Gasteiger partial charge < -0.3 is 20.5 Å². The summed E-state index contributed by atoms with van der Waals surface area (Å²) in [5.74, 6) is 1.01. The fourth-order valence-electron chi connectivity index (χ4n) is 2.76. The van der Waals surface area contributed by atoms with Crippen LogP contribution < -0.4 is 15.8 Å². The second kappa shape index (κ2) is 8.15. The lowest BCUT2D eigenvalue weighted by molar-refractivity contribution is -0.124. The summed E-state index contributed by atoms with van der Waals surface area (Å²) in [5, 5.41) is 2.86. The second-order valence-corrected chi connectivity index (χ2v) is 5.84. The van der Waals surface area contributed by atoms with Gasteiger partial charge in [0.2, 0.25) is 5.91 Å². The molecule has 0 aliphatic carbocycles. The highest BCUT2D eigenvalue weighted by molar-refractivity contribution is 5.81. The van der Waals surface area contributed by atoms with Crippen molar-refractivity contribution < 1.29 is 14.3 Å². The number of nitrogens with two attached hydrogens (primary N) is 1. The molecule has 0 aromatic heterocycles. The van der Waals surface area contributed by atoms with Gasteiger partial charge in [-0.1, -0.05) is 18.2 Å². The van der Waals surface area contributed by atoms with Crippen molar-refractivity contribution >= 4 is 5.91 Å². The first kappa shape index (κ1) is 16.8. The van der Waals surface area contributed by atoms with Crippen LogP contribution >= 0.6 is 0 Å². The molecule has 3 N–H and O–H groups in total. The van der Waals surface area contributed by atoms with E-state index in [4.69, 9.17) is 15.2 Å². The van der Waals surface area contributed by atoms with Crippen LogP contribution in [0.1, 0.15) is 24.0 Å². The Hall–Kier alpha value is -1.59. The third-order valence-corrected chi connectivity index (χ3v) is 4.13. The van der Waals surface area contributed by atoms with E-state index in [0.29, 0.717) is 26.4 Å². The summed E-state index contributed by atoms with van der Waals surface area (Å²) in [6.45, 7) is 6.33. The summed E-state index contributed by atoms with van der Waals surface area (Å²) in [4.78, 5) is 12.1. The number of carbonyl (C=O) groups excluding carboxylic acids is 1. The van der Waals surface area contributed by atoms with Crippen molar-refractivity contribution in [3.63, 3.8) is 0 Å². The van der Waals surface area contributed by atoms with Gasteiger partial charge in [-0.25, -0.2) is 0 Å². The molecule has 1 atom stereocenters. The molecule has 1 amide bonds. The molecule has 5 nitrogen and oxygen atoms in total. The van der Waals surface area contributed by atoms with Crippen molar-refractivity contribution in [3.05, 3.63) is 29.3 Å². The van der Waals surface area contributed by atoms with E-state index in [9.17, 15) is 4.79 Å². The maximum Gasteiger partial charge on any atom is 0.237 e. The molecule has 1 aromatic rings. The van der Waals surface area contributed by atoms with E-state index >= 15 is 0 Å². The summed E-state index contributed by atoms with van der Waals surface area (Å²) < 4.78 is 11.1. The number of benzene rings is 1. The molecule has 22 heavy (non-hydrogen) atoms. The fraction of sp³-hybridized carbons (Fsp3) is 0.588. The predicted octanol–water partition coefficient (Wildman–Crippen LogP) is 1.55. The Kier molecular flexibility index (Phi) is 6.21. The van der Waals surface area contributed by atoms with E-state index in [1.807, 2.05) is 32.0 Å². The third-order valence-electron chi connectivity index (χ3n) is 4.13. The van der Waals surface area contributed by atoms with Crippen LogP contribution in [0.4, 0.5) is 0 Å². The summed E-state index contributed by atoms with van der Waals surface area (Å²) in [6.07, 6.45) is 1.71. The van der Waals surface area contributed by atoms with Crippen molar-refractivity contribution in [1.29, 1.82) is 0 Å². The summed E-state index contributed by atoms with van der Waals surface area (Å²) in [6, 6.07) is 5.58. The van der Waals surface area contributed by atoms with E-state index in [0.717, 1.165) is 29.7 Å². The van der Waals surface area contributed by atoms with Crippen LogP contribution in [0.2, 0.25) is 0 Å². The van der Waals surface area contributed by atoms with Gasteiger partial charge in [-0.05, 0) is 43.7 Å². The standard InChI is InChI=1S/C17H26N2O3/c1-12-4-3-5-13(2)16(12)22-11-8-19-17(20)15(18)14-6-9-21-10-7-14/h3-5,14-15H,6-11,18H2,1-2H3,(H,19,20). The largest absolute Gasteiger partial charge is 0.491 e. The van der Waals surface area contributed by atoms with Gasteiger partial charge >= 0.3 is 0 Å². The summed E-state index contributed by atoms with van der Waals surface area (Å²) >= 11 is 0. The number of para-hydroxylation sites is 1. The summed E-state index contributed by atoms with van der Waals surface area (Å²) in [5.41, 5.74) is 8.23. The monoisotopic (exact) mass is 306 g/mol. The molecule has 1 saturated heterocycles. The zero-order valence-electron chi connectivity index (χ0n) is 13.4. The first-order chi connectivity index (χ1) is 10.6. The highest BCUT2D eigenvalue weighted by Crippen LogP contribution is 2.22. The van der Waals surface area contributed by atoms with Crippen molar-refractivity contribution in [2.45, 2.75) is 32.7 Å². The van der Waals surface area contributed by atoms with E-state index < -0.39 is 6.04 Å². The predicted molar refractivity (Wildman–Crippen MR) is 85.9 cm³/mol. The SMILES string of the molecule is Cc1cccc(C)c1OCCNC(=O)C(N)C1CCOCC1. The molecule has 0 radical (unpaired) electrons. The van der Waals surface area contributed by atoms with Crippen molar-refractivity contribution in [3.8, 4) is 5.75 Å². The zero-order valence-corrected chi connectivity index (χ0v) is 13.4. The Bertz CT molecular complexity index is 478. The Labute approximate surface area is 132 Å². The smallest absolute Gasteiger partial charge is 0.237 e. The normalized spacial score (nSPS) is 17.0. The number of aryl methyl sites for hydroxylation is 2. The number of amides is 1. The Morgan fingerprint density at radius 3 is 2.64 bits per heavy atom. The van der Waals surface area contributed by atoms with Crippen LogP contribution in [0.3, 0.4) is 0 Å². The minimum atomic E-state index is -0.455. The third kappa shape index (κ3) is 4.45. The van der Waals surface area contributed by atoms with Crippen LogP contribution in [-0.2, 0) is 9.53 Å². The lowest BCUT2D eigenvalue weighted by Gasteiger charge is -2.26. The van der Waals surface area contributed by atoms with Gasteiger partial charge in [0.15, 0.2) is 0 Å². The highest BCUT2D eigenvalue weighted by Gasteiger charge is 2.26. The van der Waals surface area contributed by atoms with Crippen molar-refractivity contribution in [2.24, 2.45) is 11.7 Å². The zero-order chi connectivity index (χ0) is 15.9. The van der Waals surface area contributed by atoms with Crippen LogP contribution in [0.25, 0.3) is 0 Å². The van der Waals surface area contributed by atoms with Crippen LogP contribution in [0.15, 0.2) is 18.2 Å². The molecule has 1 aliphatic heterocycles. The van der Waals surface area contributed by atoms with Gasteiger partial charge in [0.25, 0.3) is 0 Å². The van der Waals surface area contributed by atoms with E-state index in [-0.39, 0.29) is 11.8 Å². The molecular formula is C17H26N2O3. The molecule has 0 bridgehead atoms. The van der Waals surface area contributed by atoms with Gasteiger partial charge in [-0.2, -0.15) is 0 Å². The first-order valence-electron chi connectivity index (χ1n) is 7.89. The van der Waals surface area contributed by atoms with Crippen LogP contribution in [0, 0.1) is 19.8 Å². The van der Waals surface area contributed by atoms with Crippen molar-refractivity contribution in [2.75, 3.05) is 26.4 Å². The van der Waals surface area contributed by atoms with E-state index in [1.54, 1.807) is 0 Å². The minimum Gasteiger partial charge on any atom is -0.491 e. The Balaban J connectivity index is 1.72. The molecule has 122 valence electrons. The number of nitrogens with one attached hydrogen (secondary N) is 1.